The SMILES string of the molecule is C1NC2C[OH+]CC12. The van der Waals surface area contributed by atoms with Crippen LogP contribution >= 0.6 is 0 Å². The number of fused-ring (bicyclic) bond motifs is 1. The lowest BCUT2D eigenvalue weighted by Crippen LogP contribution is -2.51. The van der Waals surface area contributed by atoms with Crippen LogP contribution in [-0.4, -0.2) is 30.5 Å². The van der Waals surface area contributed by atoms with Gasteiger partial charge >= 0.3 is 0 Å². The van der Waals surface area contributed by atoms with Crippen molar-refractivity contribution in [3.8, 4) is 0 Å². The molecule has 40 valence electrons. The van der Waals surface area contributed by atoms with Crippen LogP contribution in [0.15, 0.2) is 0 Å². The second-order valence-corrected chi connectivity index (χ2v) is 2.36. The molecule has 0 amide bonds. The zero-order chi connectivity index (χ0) is 4.69. The van der Waals surface area contributed by atoms with E-state index in [9.17, 15) is 0 Å². The van der Waals surface area contributed by atoms with Gasteiger partial charge in [-0.1, -0.05) is 0 Å². The van der Waals surface area contributed by atoms with Gasteiger partial charge in [0.25, 0.3) is 0 Å². The van der Waals surface area contributed by atoms with E-state index in [0.29, 0.717) is 0 Å². The number of ether oxygens (including phenoxy) is 1. The first-order chi connectivity index (χ1) is 3.47. The molecule has 2 aliphatic heterocycles. The normalized spacial score (nSPS) is 48.0. The predicted molar refractivity (Wildman–Crippen MR) is 27.2 cm³/mol. The van der Waals surface area contributed by atoms with Crippen LogP contribution in [0.5, 0.6) is 0 Å². The van der Waals surface area contributed by atoms with E-state index >= 15 is 0 Å². The van der Waals surface area contributed by atoms with E-state index in [-0.39, 0.29) is 0 Å². The van der Waals surface area contributed by atoms with Crippen LogP contribution in [0.3, 0.4) is 0 Å². The molecule has 0 aliphatic carbocycles. The van der Waals surface area contributed by atoms with Gasteiger partial charge in [0.1, 0.15) is 0 Å². The molecule has 0 radical (unpaired) electrons. The Morgan fingerprint density at radius 1 is 1.43 bits per heavy atom. The van der Waals surface area contributed by atoms with Crippen molar-refractivity contribution in [3.05, 3.63) is 0 Å². The molecule has 2 saturated heterocycles. The smallest absolute Gasteiger partial charge is 0.161 e. The molecule has 2 aliphatic rings. The molecule has 2 heteroatoms. The quantitative estimate of drug-likeness (QED) is 0.393. The Morgan fingerprint density at radius 3 is 2.71 bits per heavy atom. The summed E-state index contributed by atoms with van der Waals surface area (Å²) in [5.41, 5.74) is 0. The summed E-state index contributed by atoms with van der Waals surface area (Å²) in [6.07, 6.45) is 0. The Kier molecular flexibility index (Phi) is 0.664. The molecule has 2 rings (SSSR count). The molecule has 2 nitrogen and oxygen atoms in total. The predicted octanol–water partition coefficient (Wildman–Crippen LogP) is -0.884. The van der Waals surface area contributed by atoms with Gasteiger partial charge in [0.2, 0.25) is 0 Å². The highest BCUT2D eigenvalue weighted by molar-refractivity contribution is 4.90. The Bertz CT molecular complexity index is 74.1. The third-order valence-electron chi connectivity index (χ3n) is 1.90. The van der Waals surface area contributed by atoms with Gasteiger partial charge in [-0.3, -0.25) is 0 Å². The van der Waals surface area contributed by atoms with Gasteiger partial charge in [-0.05, 0) is 0 Å². The molecule has 0 aromatic rings. The van der Waals surface area contributed by atoms with E-state index in [0.717, 1.165) is 25.2 Å². The highest BCUT2D eigenvalue weighted by Crippen LogP contribution is 2.17. The summed E-state index contributed by atoms with van der Waals surface area (Å²) in [5.74, 6) is 0.917. The lowest BCUT2D eigenvalue weighted by Gasteiger charge is -2.25. The minimum absolute atomic E-state index is 0.778. The van der Waals surface area contributed by atoms with Crippen LogP contribution in [0.1, 0.15) is 0 Å². The number of hydrogen-bond acceptors (Lipinski definition) is 1. The fourth-order valence-electron chi connectivity index (χ4n) is 1.24. The molecule has 0 aromatic heterocycles. The van der Waals surface area contributed by atoms with Crippen molar-refractivity contribution in [1.82, 2.24) is 5.32 Å². The molecule has 2 atom stereocenters. The van der Waals surface area contributed by atoms with Crippen molar-refractivity contribution in [2.75, 3.05) is 19.8 Å². The topological polar surface area (TPSA) is 24.8 Å². The monoisotopic (exact) mass is 100 g/mol. The molecule has 2 heterocycles. The molecule has 0 aromatic carbocycles. The van der Waals surface area contributed by atoms with Gasteiger partial charge in [0.05, 0.1) is 12.0 Å². The Labute approximate surface area is 42.9 Å². The first kappa shape index (κ1) is 3.87. The zero-order valence-electron chi connectivity index (χ0n) is 4.22. The fourth-order valence-corrected chi connectivity index (χ4v) is 1.24. The number of nitrogens with one attached hydrogen (secondary N) is 1. The lowest BCUT2D eigenvalue weighted by molar-refractivity contribution is 0.00526. The average Bonchev–Trinajstić information content (AvgIpc) is 1.85. The summed E-state index contributed by atoms with van der Waals surface area (Å²) >= 11 is 0. The highest BCUT2D eigenvalue weighted by Gasteiger charge is 2.39. The summed E-state index contributed by atoms with van der Waals surface area (Å²) in [7, 11) is 0. The van der Waals surface area contributed by atoms with Crippen LogP contribution in [0.25, 0.3) is 0 Å². The number of aliphatic hydroxyl groups is 2. The standard InChI is InChI=1S/C5H9NO/c1-4-2-7-3-5(4)6-1/h4-6H,1-3H2/p+1. The van der Waals surface area contributed by atoms with Crippen molar-refractivity contribution in [2.24, 2.45) is 5.92 Å². The Balaban J connectivity index is 2.03. The van der Waals surface area contributed by atoms with Crippen molar-refractivity contribution in [1.29, 1.82) is 0 Å². The summed E-state index contributed by atoms with van der Waals surface area (Å²) < 4.78 is 4.25. The Morgan fingerprint density at radius 2 is 2.43 bits per heavy atom. The first-order valence-corrected chi connectivity index (χ1v) is 2.83. The van der Waals surface area contributed by atoms with E-state index in [1.54, 1.807) is 0 Å². The van der Waals surface area contributed by atoms with Crippen molar-refractivity contribution in [2.45, 2.75) is 6.04 Å². The fraction of sp³-hybridized carbons (Fsp3) is 1.00. The third kappa shape index (κ3) is 0.409. The maximum absolute atomic E-state index is 4.25. The maximum atomic E-state index is 4.25. The maximum Gasteiger partial charge on any atom is 0.161 e. The van der Waals surface area contributed by atoms with Gasteiger partial charge in [-0.15, -0.1) is 0 Å². The average molecular weight is 100 g/mol. The molecular weight excluding hydrogens is 90.1 g/mol. The van der Waals surface area contributed by atoms with E-state index in [1.807, 2.05) is 0 Å². The molecule has 2 N–H and O–H groups in total. The highest BCUT2D eigenvalue weighted by atomic mass is 16.5. The van der Waals surface area contributed by atoms with Gasteiger partial charge in [0.15, 0.2) is 13.2 Å². The molecule has 0 bridgehead atoms. The summed E-state index contributed by atoms with van der Waals surface area (Å²) in [4.78, 5) is 0. The van der Waals surface area contributed by atoms with E-state index in [4.69, 9.17) is 0 Å². The van der Waals surface area contributed by atoms with Gasteiger partial charge in [-0.25, -0.2) is 0 Å². The Hall–Kier alpha value is -0.0800. The van der Waals surface area contributed by atoms with Crippen LogP contribution < -0.4 is 5.32 Å². The van der Waals surface area contributed by atoms with Crippen LogP contribution in [-0.2, 0) is 0 Å². The van der Waals surface area contributed by atoms with Crippen LogP contribution in [0.4, 0.5) is 0 Å². The molecule has 7 heavy (non-hydrogen) atoms. The van der Waals surface area contributed by atoms with E-state index in [1.165, 1.54) is 6.54 Å². The molecular formula is C5H10NO+. The minimum Gasteiger partial charge on any atom is -0.432 e. The van der Waals surface area contributed by atoms with Crippen LogP contribution in [0.2, 0.25) is 0 Å². The van der Waals surface area contributed by atoms with Crippen molar-refractivity contribution >= 4 is 0 Å². The molecule has 0 saturated carbocycles. The lowest BCUT2D eigenvalue weighted by atomic mass is 9.96. The number of hydrogen-bond donors (Lipinski definition) is 1. The summed E-state index contributed by atoms with van der Waals surface area (Å²) in [6.45, 7) is 3.41. The van der Waals surface area contributed by atoms with Gasteiger partial charge < -0.3 is 10.1 Å². The summed E-state index contributed by atoms with van der Waals surface area (Å²) in [5, 5.41) is 3.31. The molecule has 2 unspecified atom stereocenters. The number of rotatable bonds is 0. The van der Waals surface area contributed by atoms with Gasteiger partial charge in [0, 0.05) is 6.54 Å². The molecule has 2 fully saturated rings. The second-order valence-electron chi connectivity index (χ2n) is 2.36. The molecule has 0 spiro atoms. The third-order valence-corrected chi connectivity index (χ3v) is 1.90. The summed E-state index contributed by atoms with van der Waals surface area (Å²) in [6, 6.07) is 0.778. The van der Waals surface area contributed by atoms with Crippen LogP contribution in [0, 0.1) is 5.92 Å². The largest absolute Gasteiger partial charge is 0.432 e. The first-order valence-electron chi connectivity index (χ1n) is 2.83. The van der Waals surface area contributed by atoms with Gasteiger partial charge in [-0.2, -0.15) is 0 Å². The minimum atomic E-state index is 0.778. The van der Waals surface area contributed by atoms with E-state index < -0.39 is 0 Å². The zero-order valence-corrected chi connectivity index (χ0v) is 4.22. The van der Waals surface area contributed by atoms with Crippen molar-refractivity contribution in [3.63, 3.8) is 0 Å². The van der Waals surface area contributed by atoms with E-state index in [2.05, 4.69) is 10.1 Å². The second kappa shape index (κ2) is 1.20. The van der Waals surface area contributed by atoms with Crippen molar-refractivity contribution < 1.29 is 4.74 Å².